The van der Waals surface area contributed by atoms with E-state index in [1.807, 2.05) is 6.07 Å². The lowest BCUT2D eigenvalue weighted by Gasteiger charge is -2.09. The van der Waals surface area contributed by atoms with Crippen LogP contribution in [0.4, 0.5) is 10.1 Å². The van der Waals surface area contributed by atoms with E-state index in [1.165, 1.54) is 12.1 Å². The summed E-state index contributed by atoms with van der Waals surface area (Å²) >= 11 is 3.30. The number of hydrogen-bond acceptors (Lipinski definition) is 4. The molecule has 106 valence electrons. The molecule has 1 aromatic heterocycles. The van der Waals surface area contributed by atoms with Crippen LogP contribution in [0.5, 0.6) is 0 Å². The lowest BCUT2D eigenvalue weighted by Crippen LogP contribution is -2.04. The Bertz CT molecular complexity index is 735. The lowest BCUT2D eigenvalue weighted by atomic mass is 10.2. The monoisotopic (exact) mass is 358 g/mol. The van der Waals surface area contributed by atoms with Crippen LogP contribution in [0.25, 0.3) is 0 Å². The highest BCUT2D eigenvalue weighted by atomic mass is 79.9. The highest BCUT2D eigenvalue weighted by Crippen LogP contribution is 2.20. The molecule has 1 heterocycles. The first-order valence-electron chi connectivity index (χ1n) is 5.69. The van der Waals surface area contributed by atoms with Crippen molar-refractivity contribution in [1.82, 2.24) is 4.98 Å². The van der Waals surface area contributed by atoms with Crippen molar-refractivity contribution in [2.45, 2.75) is 11.4 Å². The standard InChI is InChI=1S/C13H12BrFN2O2S/c1-20(18,19)11-2-3-12(15)13(5-11)17-7-9-4-10(14)8-16-6-9/h2-6,8,17H,7H2,1H3. The zero-order valence-electron chi connectivity index (χ0n) is 10.6. The molecule has 4 nitrogen and oxygen atoms in total. The Morgan fingerprint density at radius 2 is 2.05 bits per heavy atom. The van der Waals surface area contributed by atoms with Crippen molar-refractivity contribution in [2.75, 3.05) is 11.6 Å². The summed E-state index contributed by atoms with van der Waals surface area (Å²) in [6.07, 6.45) is 4.38. The van der Waals surface area contributed by atoms with Crippen LogP contribution in [0.3, 0.4) is 0 Å². The van der Waals surface area contributed by atoms with Gasteiger partial charge in [-0.1, -0.05) is 0 Å². The third-order valence-electron chi connectivity index (χ3n) is 2.61. The smallest absolute Gasteiger partial charge is 0.175 e. The largest absolute Gasteiger partial charge is 0.379 e. The second-order valence-electron chi connectivity index (χ2n) is 4.28. The fourth-order valence-corrected chi connectivity index (χ4v) is 2.68. The van der Waals surface area contributed by atoms with Crippen molar-refractivity contribution >= 4 is 31.5 Å². The number of benzene rings is 1. The zero-order valence-corrected chi connectivity index (χ0v) is 13.0. The number of sulfone groups is 1. The fraction of sp³-hybridized carbons (Fsp3) is 0.154. The highest BCUT2D eigenvalue weighted by Gasteiger charge is 2.11. The van der Waals surface area contributed by atoms with Gasteiger partial charge in [0.25, 0.3) is 0 Å². The SMILES string of the molecule is CS(=O)(=O)c1ccc(F)c(NCc2cncc(Br)c2)c1. The van der Waals surface area contributed by atoms with Gasteiger partial charge in [-0.05, 0) is 45.8 Å². The summed E-state index contributed by atoms with van der Waals surface area (Å²) in [6.45, 7) is 0.344. The van der Waals surface area contributed by atoms with Gasteiger partial charge in [0, 0.05) is 29.7 Å². The van der Waals surface area contributed by atoms with Crippen molar-refractivity contribution < 1.29 is 12.8 Å². The van der Waals surface area contributed by atoms with Gasteiger partial charge in [0.15, 0.2) is 9.84 Å². The number of aromatic nitrogens is 1. The van der Waals surface area contributed by atoms with Gasteiger partial charge < -0.3 is 5.32 Å². The summed E-state index contributed by atoms with van der Waals surface area (Å²) in [5.74, 6) is -0.500. The molecular weight excluding hydrogens is 347 g/mol. The molecule has 0 atom stereocenters. The maximum Gasteiger partial charge on any atom is 0.175 e. The van der Waals surface area contributed by atoms with Gasteiger partial charge in [-0.25, -0.2) is 12.8 Å². The Kier molecular flexibility index (Phi) is 4.39. The van der Waals surface area contributed by atoms with Gasteiger partial charge in [-0.15, -0.1) is 0 Å². The lowest BCUT2D eigenvalue weighted by molar-refractivity contribution is 0.600. The van der Waals surface area contributed by atoms with Crippen molar-refractivity contribution in [2.24, 2.45) is 0 Å². The highest BCUT2D eigenvalue weighted by molar-refractivity contribution is 9.10. The van der Waals surface area contributed by atoms with Crippen molar-refractivity contribution in [1.29, 1.82) is 0 Å². The molecule has 0 aliphatic rings. The van der Waals surface area contributed by atoms with Gasteiger partial charge >= 0.3 is 0 Å². The van der Waals surface area contributed by atoms with Crippen molar-refractivity contribution in [3.8, 4) is 0 Å². The normalized spacial score (nSPS) is 11.3. The van der Waals surface area contributed by atoms with Crippen LogP contribution in [0.1, 0.15) is 5.56 Å². The minimum atomic E-state index is -3.36. The van der Waals surface area contributed by atoms with E-state index in [0.29, 0.717) is 6.54 Å². The second kappa shape index (κ2) is 5.88. The van der Waals surface area contributed by atoms with Gasteiger partial charge in [0.2, 0.25) is 0 Å². The molecule has 0 spiro atoms. The fourth-order valence-electron chi connectivity index (χ4n) is 1.62. The molecule has 2 aromatic rings. The first kappa shape index (κ1) is 14.9. The molecule has 0 aliphatic heterocycles. The van der Waals surface area contributed by atoms with Gasteiger partial charge in [0.1, 0.15) is 5.82 Å². The van der Waals surface area contributed by atoms with Crippen LogP contribution in [-0.4, -0.2) is 19.7 Å². The molecule has 0 aliphatic carbocycles. The topological polar surface area (TPSA) is 59.1 Å². The first-order chi connectivity index (χ1) is 9.36. The summed E-state index contributed by atoms with van der Waals surface area (Å²) in [4.78, 5) is 4.08. The molecular formula is C13H12BrFN2O2S. The van der Waals surface area contributed by atoms with E-state index >= 15 is 0 Å². The third-order valence-corrected chi connectivity index (χ3v) is 4.15. The van der Waals surface area contributed by atoms with E-state index in [-0.39, 0.29) is 10.6 Å². The zero-order chi connectivity index (χ0) is 14.8. The summed E-state index contributed by atoms with van der Waals surface area (Å²) < 4.78 is 37.4. The molecule has 0 unspecified atom stereocenters. The maximum atomic E-state index is 13.7. The number of hydrogen-bond donors (Lipinski definition) is 1. The van der Waals surface area contributed by atoms with E-state index in [9.17, 15) is 12.8 Å². The quantitative estimate of drug-likeness (QED) is 0.853. The first-order valence-corrected chi connectivity index (χ1v) is 8.37. The van der Waals surface area contributed by atoms with Crippen molar-refractivity contribution in [3.05, 3.63) is 52.5 Å². The minimum Gasteiger partial charge on any atom is -0.379 e. The summed E-state index contributed by atoms with van der Waals surface area (Å²) in [6, 6.07) is 5.52. The third kappa shape index (κ3) is 3.77. The van der Waals surface area contributed by atoms with E-state index < -0.39 is 15.7 Å². The Labute approximate surface area is 125 Å². The molecule has 2 rings (SSSR count). The number of anilines is 1. The van der Waals surface area contributed by atoms with Crippen LogP contribution in [0, 0.1) is 5.82 Å². The molecule has 7 heteroatoms. The number of pyridine rings is 1. The second-order valence-corrected chi connectivity index (χ2v) is 7.21. The molecule has 20 heavy (non-hydrogen) atoms. The van der Waals surface area contributed by atoms with Crippen LogP contribution < -0.4 is 5.32 Å². The maximum absolute atomic E-state index is 13.7. The Morgan fingerprint density at radius 3 is 2.70 bits per heavy atom. The van der Waals surface area contributed by atoms with E-state index in [1.54, 1.807) is 12.4 Å². The van der Waals surface area contributed by atoms with Gasteiger partial charge in [-0.2, -0.15) is 0 Å². The van der Waals surface area contributed by atoms with Crippen LogP contribution >= 0.6 is 15.9 Å². The van der Waals surface area contributed by atoms with Crippen LogP contribution in [-0.2, 0) is 16.4 Å². The Hall–Kier alpha value is -1.47. The molecule has 0 saturated carbocycles. The molecule has 1 aromatic carbocycles. The Morgan fingerprint density at radius 1 is 1.30 bits per heavy atom. The van der Waals surface area contributed by atoms with E-state index in [4.69, 9.17) is 0 Å². The predicted molar refractivity (Wildman–Crippen MR) is 78.8 cm³/mol. The number of nitrogens with zero attached hydrogens (tertiary/aromatic N) is 1. The summed E-state index contributed by atoms with van der Waals surface area (Å²) in [5, 5.41) is 2.87. The molecule has 0 saturated heterocycles. The number of rotatable bonds is 4. The molecule has 1 N–H and O–H groups in total. The van der Waals surface area contributed by atoms with Crippen molar-refractivity contribution in [3.63, 3.8) is 0 Å². The summed E-state index contributed by atoms with van der Waals surface area (Å²) in [5.41, 5.74) is 0.997. The number of halogens is 2. The predicted octanol–water partition coefficient (Wildman–Crippen LogP) is 3.00. The van der Waals surface area contributed by atoms with Gasteiger partial charge in [0.05, 0.1) is 10.6 Å². The molecule has 0 bridgehead atoms. The average molecular weight is 359 g/mol. The minimum absolute atomic E-state index is 0.0776. The number of nitrogens with one attached hydrogen (secondary N) is 1. The molecule has 0 radical (unpaired) electrons. The van der Waals surface area contributed by atoms with Gasteiger partial charge in [-0.3, -0.25) is 4.98 Å². The average Bonchev–Trinajstić information content (AvgIpc) is 2.36. The Balaban J connectivity index is 2.21. The van der Waals surface area contributed by atoms with E-state index in [2.05, 4.69) is 26.2 Å². The van der Waals surface area contributed by atoms with Crippen LogP contribution in [0.15, 0.2) is 46.0 Å². The van der Waals surface area contributed by atoms with Crippen LogP contribution in [0.2, 0.25) is 0 Å². The summed E-state index contributed by atoms with van der Waals surface area (Å²) in [7, 11) is -3.36. The molecule has 0 amide bonds. The molecule has 0 fully saturated rings. The van der Waals surface area contributed by atoms with E-state index in [0.717, 1.165) is 22.4 Å².